The second-order valence-electron chi connectivity index (χ2n) is 7.38. The van der Waals surface area contributed by atoms with Crippen LogP contribution in [0.5, 0.6) is 0 Å². The van der Waals surface area contributed by atoms with Gasteiger partial charge < -0.3 is 9.64 Å². The molecule has 0 aromatic heterocycles. The van der Waals surface area contributed by atoms with Crippen molar-refractivity contribution in [1.82, 2.24) is 9.80 Å². The zero-order valence-corrected chi connectivity index (χ0v) is 18.3. The van der Waals surface area contributed by atoms with Gasteiger partial charge in [-0.15, -0.1) is 0 Å². The number of carbonyl (C=O) groups excluding carboxylic acids is 1. The fourth-order valence-corrected chi connectivity index (χ4v) is 3.81. The minimum atomic E-state index is -5.76. The molecule has 2 aromatic rings. The summed E-state index contributed by atoms with van der Waals surface area (Å²) >= 11 is 12.0. The Morgan fingerprint density at radius 1 is 0.758 bits per heavy atom. The summed E-state index contributed by atoms with van der Waals surface area (Å²) < 4.78 is 80.0. The maximum atomic E-state index is 12.7. The van der Waals surface area contributed by atoms with Crippen LogP contribution < -0.4 is 0 Å². The number of ether oxygens (including phenoxy) is 1. The van der Waals surface area contributed by atoms with Crippen LogP contribution in [0.15, 0.2) is 48.5 Å². The first kappa shape index (κ1) is 25.5. The average molecular weight is 515 g/mol. The normalized spacial score (nSPS) is 15.9. The maximum Gasteiger partial charge on any atom is 0.434 e. The van der Waals surface area contributed by atoms with Gasteiger partial charge in [0.05, 0.1) is 6.04 Å². The van der Waals surface area contributed by atoms with Crippen LogP contribution in [0.1, 0.15) is 17.2 Å². The van der Waals surface area contributed by atoms with Gasteiger partial charge in [-0.2, -0.15) is 26.3 Å². The summed E-state index contributed by atoms with van der Waals surface area (Å²) in [5, 5.41) is 1.06. The molecule has 180 valence electrons. The molecule has 3 rings (SSSR count). The van der Waals surface area contributed by atoms with Crippen LogP contribution in [0.4, 0.5) is 31.1 Å². The Kier molecular flexibility index (Phi) is 7.70. The van der Waals surface area contributed by atoms with Gasteiger partial charge in [0.25, 0.3) is 6.10 Å². The van der Waals surface area contributed by atoms with E-state index in [1.165, 1.54) is 0 Å². The van der Waals surface area contributed by atoms with E-state index >= 15 is 0 Å². The molecule has 0 atom stereocenters. The molecule has 0 spiro atoms. The smallest absolute Gasteiger partial charge is 0.426 e. The van der Waals surface area contributed by atoms with Crippen molar-refractivity contribution < 1.29 is 35.9 Å². The molecule has 12 heteroatoms. The van der Waals surface area contributed by atoms with Crippen LogP contribution in [0, 0.1) is 0 Å². The Morgan fingerprint density at radius 3 is 1.52 bits per heavy atom. The second-order valence-corrected chi connectivity index (χ2v) is 8.25. The number of benzene rings is 2. The van der Waals surface area contributed by atoms with Crippen molar-refractivity contribution in [3.05, 3.63) is 69.7 Å². The lowest BCUT2D eigenvalue weighted by Gasteiger charge is -2.39. The summed E-state index contributed by atoms with van der Waals surface area (Å²) in [6.07, 6.45) is -17.4. The predicted molar refractivity (Wildman–Crippen MR) is 110 cm³/mol. The van der Waals surface area contributed by atoms with Crippen LogP contribution >= 0.6 is 23.2 Å². The van der Waals surface area contributed by atoms with E-state index in [9.17, 15) is 31.1 Å². The molecule has 0 bridgehead atoms. The van der Waals surface area contributed by atoms with Gasteiger partial charge in [0.1, 0.15) is 0 Å². The second kappa shape index (κ2) is 9.99. The molecule has 2 aromatic carbocycles. The van der Waals surface area contributed by atoms with Crippen molar-refractivity contribution in [2.75, 3.05) is 26.2 Å². The third-order valence-corrected chi connectivity index (χ3v) is 5.63. The Morgan fingerprint density at radius 2 is 1.15 bits per heavy atom. The Hall–Kier alpha value is -2.17. The molecule has 1 amide bonds. The van der Waals surface area contributed by atoms with Crippen molar-refractivity contribution in [2.45, 2.75) is 24.5 Å². The number of carbonyl (C=O) groups is 1. The van der Waals surface area contributed by atoms with Crippen molar-refractivity contribution in [1.29, 1.82) is 0 Å². The zero-order chi connectivity index (χ0) is 24.4. The molecule has 1 aliphatic rings. The highest BCUT2D eigenvalue weighted by Crippen LogP contribution is 2.36. The summed E-state index contributed by atoms with van der Waals surface area (Å²) in [6, 6.07) is 13.8. The fourth-order valence-electron chi connectivity index (χ4n) is 3.56. The van der Waals surface area contributed by atoms with Gasteiger partial charge in [0, 0.05) is 36.2 Å². The molecule has 0 radical (unpaired) electrons. The highest BCUT2D eigenvalue weighted by atomic mass is 35.5. The molecule has 33 heavy (non-hydrogen) atoms. The lowest BCUT2D eigenvalue weighted by atomic mass is 9.96. The quantitative estimate of drug-likeness (QED) is 0.447. The predicted octanol–water partition coefficient (Wildman–Crippen LogP) is 6.33. The fraction of sp³-hybridized carbons (Fsp3) is 0.381. The summed E-state index contributed by atoms with van der Waals surface area (Å²) in [5.41, 5.74) is 1.74. The zero-order valence-electron chi connectivity index (χ0n) is 16.8. The molecule has 1 aliphatic heterocycles. The number of hydrogen-bond donors (Lipinski definition) is 0. The van der Waals surface area contributed by atoms with E-state index < -0.39 is 24.5 Å². The number of amides is 1. The lowest BCUT2D eigenvalue weighted by Crippen LogP contribution is -2.53. The number of rotatable bonds is 4. The van der Waals surface area contributed by atoms with Gasteiger partial charge in [-0.3, -0.25) is 4.90 Å². The van der Waals surface area contributed by atoms with Gasteiger partial charge in [0.2, 0.25) is 0 Å². The Bertz CT molecular complexity index is 884. The van der Waals surface area contributed by atoms with E-state index in [4.69, 9.17) is 23.2 Å². The first-order valence-corrected chi connectivity index (χ1v) is 10.5. The average Bonchev–Trinajstić information content (AvgIpc) is 2.73. The van der Waals surface area contributed by atoms with Crippen LogP contribution in [0.3, 0.4) is 0 Å². The van der Waals surface area contributed by atoms with Gasteiger partial charge in [-0.05, 0) is 35.4 Å². The molecule has 0 aliphatic carbocycles. The van der Waals surface area contributed by atoms with Gasteiger partial charge in [0.15, 0.2) is 0 Å². The Labute approximate surface area is 195 Å². The monoisotopic (exact) mass is 514 g/mol. The van der Waals surface area contributed by atoms with E-state index in [1.807, 2.05) is 29.2 Å². The van der Waals surface area contributed by atoms with Crippen LogP contribution in [0.25, 0.3) is 0 Å². The molecule has 0 saturated carbocycles. The van der Waals surface area contributed by atoms with Crippen LogP contribution in [0.2, 0.25) is 10.0 Å². The van der Waals surface area contributed by atoms with Gasteiger partial charge in [-0.1, -0.05) is 47.5 Å². The van der Waals surface area contributed by atoms with E-state index in [0.29, 0.717) is 10.0 Å². The highest BCUT2D eigenvalue weighted by molar-refractivity contribution is 6.30. The van der Waals surface area contributed by atoms with Crippen molar-refractivity contribution in [2.24, 2.45) is 0 Å². The van der Waals surface area contributed by atoms with Crippen molar-refractivity contribution >= 4 is 29.3 Å². The molecule has 1 heterocycles. The van der Waals surface area contributed by atoms with E-state index in [0.717, 1.165) is 16.0 Å². The largest absolute Gasteiger partial charge is 0.434 e. The summed E-state index contributed by atoms with van der Waals surface area (Å²) in [6.45, 7) is 0.152. The minimum Gasteiger partial charge on any atom is -0.426 e. The van der Waals surface area contributed by atoms with Gasteiger partial charge in [-0.25, -0.2) is 4.79 Å². The first-order valence-electron chi connectivity index (χ1n) is 9.70. The van der Waals surface area contributed by atoms with Crippen molar-refractivity contribution in [3.8, 4) is 0 Å². The van der Waals surface area contributed by atoms with Crippen LogP contribution in [-0.2, 0) is 4.74 Å². The summed E-state index contributed by atoms with van der Waals surface area (Å²) in [5.74, 6) is 0. The highest BCUT2D eigenvalue weighted by Gasteiger charge is 2.60. The topological polar surface area (TPSA) is 32.8 Å². The summed E-state index contributed by atoms with van der Waals surface area (Å²) in [4.78, 5) is 14.8. The standard InChI is InChI=1S/C21H18Cl2F6N2O2/c22-15-5-1-13(2-6-15)17(14-3-7-16(23)8-4-14)30-9-11-31(12-10-30)19(32)33-18(20(24,25)26)21(27,28)29/h1-8,17-18H,9-12H2. The molecule has 1 saturated heterocycles. The molecule has 4 nitrogen and oxygen atoms in total. The third-order valence-electron chi connectivity index (χ3n) is 5.12. The molecule has 0 unspecified atom stereocenters. The number of alkyl halides is 6. The first-order chi connectivity index (χ1) is 15.4. The number of halogens is 8. The van der Waals surface area contributed by atoms with Crippen molar-refractivity contribution in [3.63, 3.8) is 0 Å². The Balaban J connectivity index is 1.74. The molecule has 1 fully saturated rings. The lowest BCUT2D eigenvalue weighted by molar-refractivity contribution is -0.308. The molecular formula is C21H18Cl2F6N2O2. The minimum absolute atomic E-state index is 0.112. The van der Waals surface area contributed by atoms with E-state index in [-0.39, 0.29) is 32.2 Å². The maximum absolute atomic E-state index is 12.7. The van der Waals surface area contributed by atoms with E-state index in [1.54, 1.807) is 24.3 Å². The number of nitrogens with zero attached hydrogens (tertiary/aromatic N) is 2. The number of piperazine rings is 1. The summed E-state index contributed by atoms with van der Waals surface area (Å²) in [7, 11) is 0. The van der Waals surface area contributed by atoms with Crippen LogP contribution in [-0.4, -0.2) is 60.5 Å². The SMILES string of the molecule is O=C(OC(C(F)(F)F)C(F)(F)F)N1CCN(C(c2ccc(Cl)cc2)c2ccc(Cl)cc2)CC1. The molecular weight excluding hydrogens is 497 g/mol. The number of hydrogen-bond acceptors (Lipinski definition) is 3. The third kappa shape index (κ3) is 6.45. The van der Waals surface area contributed by atoms with E-state index in [2.05, 4.69) is 4.74 Å². The molecule has 0 N–H and O–H groups in total. The van der Waals surface area contributed by atoms with Gasteiger partial charge >= 0.3 is 18.4 Å².